The second-order valence-electron chi connectivity index (χ2n) is 3.96. The second kappa shape index (κ2) is 6.34. The molecule has 0 atom stereocenters. The van der Waals surface area contributed by atoms with Gasteiger partial charge in [0.1, 0.15) is 0 Å². The predicted octanol–water partition coefficient (Wildman–Crippen LogP) is 4.27. The minimum atomic E-state index is 0.171. The normalized spacial score (nSPS) is 10.3. The molecule has 100 valence electrons. The van der Waals surface area contributed by atoms with Crippen LogP contribution >= 0.6 is 34.2 Å². The number of halogens is 2. The Hall–Kier alpha value is -1.14. The van der Waals surface area contributed by atoms with Gasteiger partial charge in [0.15, 0.2) is 11.5 Å². The van der Waals surface area contributed by atoms with Crippen molar-refractivity contribution >= 4 is 39.9 Å². The van der Waals surface area contributed by atoms with E-state index in [2.05, 4.69) is 27.9 Å². The fourth-order valence-electron chi connectivity index (χ4n) is 1.69. The molecule has 0 radical (unpaired) electrons. The number of nitrogens with one attached hydrogen (secondary N) is 1. The number of phenols is 1. The van der Waals surface area contributed by atoms with E-state index in [1.807, 2.05) is 30.3 Å². The molecular weight excluding hydrogens is 377 g/mol. The van der Waals surface area contributed by atoms with Gasteiger partial charge in [0.05, 0.1) is 21.4 Å². The molecule has 0 aliphatic carbocycles. The fourth-order valence-corrected chi connectivity index (χ4v) is 2.56. The molecular formula is C14H13ClINO2. The quantitative estimate of drug-likeness (QED) is 0.767. The number of methoxy groups -OCH3 is 1. The number of hydrogen-bond donors (Lipinski definition) is 2. The highest BCUT2D eigenvalue weighted by Crippen LogP contribution is 2.32. The van der Waals surface area contributed by atoms with Crippen LogP contribution in [0.3, 0.4) is 0 Å². The molecule has 0 unspecified atom stereocenters. The molecule has 0 aromatic heterocycles. The van der Waals surface area contributed by atoms with Crippen LogP contribution in [0.25, 0.3) is 0 Å². The van der Waals surface area contributed by atoms with E-state index in [0.717, 1.165) is 14.8 Å². The molecule has 5 heteroatoms. The fraction of sp³-hybridized carbons (Fsp3) is 0.143. The summed E-state index contributed by atoms with van der Waals surface area (Å²) in [6.45, 7) is 0.608. The molecule has 0 fully saturated rings. The first-order valence-corrected chi connectivity index (χ1v) is 7.11. The van der Waals surface area contributed by atoms with Crippen LogP contribution in [0.2, 0.25) is 5.02 Å². The number of aromatic hydroxyl groups is 1. The third kappa shape index (κ3) is 3.45. The van der Waals surface area contributed by atoms with E-state index in [4.69, 9.17) is 16.3 Å². The summed E-state index contributed by atoms with van der Waals surface area (Å²) in [7, 11) is 1.54. The largest absolute Gasteiger partial charge is 0.504 e. The highest BCUT2D eigenvalue weighted by molar-refractivity contribution is 14.1. The van der Waals surface area contributed by atoms with Crippen molar-refractivity contribution < 1.29 is 9.84 Å². The van der Waals surface area contributed by atoms with Gasteiger partial charge in [0, 0.05) is 6.54 Å². The van der Waals surface area contributed by atoms with Crippen molar-refractivity contribution in [2.24, 2.45) is 0 Å². The third-order valence-corrected chi connectivity index (χ3v) is 3.82. The van der Waals surface area contributed by atoms with Crippen molar-refractivity contribution in [1.29, 1.82) is 0 Å². The molecule has 0 heterocycles. The molecule has 0 saturated carbocycles. The number of para-hydroxylation sites is 1. The van der Waals surface area contributed by atoms with Crippen LogP contribution in [0.1, 0.15) is 5.56 Å². The van der Waals surface area contributed by atoms with E-state index in [0.29, 0.717) is 17.3 Å². The van der Waals surface area contributed by atoms with Crippen molar-refractivity contribution in [2.75, 3.05) is 12.4 Å². The van der Waals surface area contributed by atoms with E-state index in [-0.39, 0.29) is 5.75 Å². The van der Waals surface area contributed by atoms with Gasteiger partial charge in [0.2, 0.25) is 0 Å². The first-order valence-electron chi connectivity index (χ1n) is 5.65. The van der Waals surface area contributed by atoms with Gasteiger partial charge in [0.25, 0.3) is 0 Å². The van der Waals surface area contributed by atoms with Crippen molar-refractivity contribution in [3.63, 3.8) is 0 Å². The summed E-state index contributed by atoms with van der Waals surface area (Å²) in [4.78, 5) is 0. The Labute approximate surface area is 130 Å². The van der Waals surface area contributed by atoms with Crippen LogP contribution in [0, 0.1) is 3.57 Å². The number of hydrogen-bond acceptors (Lipinski definition) is 3. The van der Waals surface area contributed by atoms with Crippen LogP contribution < -0.4 is 10.1 Å². The summed E-state index contributed by atoms with van der Waals surface area (Å²) < 4.78 is 5.89. The highest BCUT2D eigenvalue weighted by Gasteiger charge is 2.08. The number of benzene rings is 2. The van der Waals surface area contributed by atoms with Gasteiger partial charge in [-0.2, -0.15) is 0 Å². The summed E-state index contributed by atoms with van der Waals surface area (Å²) in [5, 5.41) is 13.7. The Kier molecular flexibility index (Phi) is 4.76. The van der Waals surface area contributed by atoms with E-state index >= 15 is 0 Å². The van der Waals surface area contributed by atoms with Crippen LogP contribution in [0.15, 0.2) is 36.4 Å². The first-order chi connectivity index (χ1) is 9.11. The maximum absolute atomic E-state index is 9.78. The Bertz CT molecular complexity index is 590. The van der Waals surface area contributed by atoms with Gasteiger partial charge >= 0.3 is 0 Å². The van der Waals surface area contributed by atoms with E-state index in [9.17, 15) is 5.11 Å². The van der Waals surface area contributed by atoms with Crippen molar-refractivity contribution in [1.82, 2.24) is 0 Å². The monoisotopic (exact) mass is 389 g/mol. The van der Waals surface area contributed by atoms with E-state index < -0.39 is 0 Å². The highest BCUT2D eigenvalue weighted by atomic mass is 127. The van der Waals surface area contributed by atoms with Gasteiger partial charge in [-0.3, -0.25) is 0 Å². The summed E-state index contributed by atoms with van der Waals surface area (Å²) in [5.74, 6) is 0.646. The lowest BCUT2D eigenvalue weighted by molar-refractivity contribution is 0.371. The number of ether oxygens (including phenoxy) is 1. The minimum absolute atomic E-state index is 0.171. The standard InChI is InChI=1S/C14H13ClINO2/c1-19-13-7-9(6-11(16)14(13)18)8-17-12-5-3-2-4-10(12)15/h2-7,17-18H,8H2,1H3. The number of phenolic OH excluding ortho intramolecular Hbond substituents is 1. The van der Waals surface area contributed by atoms with Gasteiger partial charge < -0.3 is 15.2 Å². The van der Waals surface area contributed by atoms with Crippen molar-refractivity contribution in [3.05, 3.63) is 50.6 Å². The van der Waals surface area contributed by atoms with Crippen LogP contribution in [0.4, 0.5) is 5.69 Å². The molecule has 0 saturated heterocycles. The van der Waals surface area contributed by atoms with Crippen LogP contribution in [-0.4, -0.2) is 12.2 Å². The maximum Gasteiger partial charge on any atom is 0.171 e. The van der Waals surface area contributed by atoms with Gasteiger partial charge in [-0.1, -0.05) is 23.7 Å². The topological polar surface area (TPSA) is 41.5 Å². The predicted molar refractivity (Wildman–Crippen MR) is 86.2 cm³/mol. The molecule has 0 aliphatic heterocycles. The van der Waals surface area contributed by atoms with Crippen LogP contribution in [-0.2, 0) is 6.54 Å². The molecule has 0 aliphatic rings. The smallest absolute Gasteiger partial charge is 0.171 e. The van der Waals surface area contributed by atoms with Crippen molar-refractivity contribution in [3.8, 4) is 11.5 Å². The molecule has 0 spiro atoms. The Morgan fingerprint density at radius 1 is 1.32 bits per heavy atom. The lowest BCUT2D eigenvalue weighted by Gasteiger charge is -2.11. The zero-order valence-corrected chi connectivity index (χ0v) is 13.2. The minimum Gasteiger partial charge on any atom is -0.504 e. The maximum atomic E-state index is 9.78. The Morgan fingerprint density at radius 3 is 2.74 bits per heavy atom. The van der Waals surface area contributed by atoms with Crippen molar-refractivity contribution in [2.45, 2.75) is 6.54 Å². The zero-order valence-electron chi connectivity index (χ0n) is 10.3. The molecule has 0 bridgehead atoms. The van der Waals surface area contributed by atoms with E-state index in [1.54, 1.807) is 6.07 Å². The molecule has 19 heavy (non-hydrogen) atoms. The molecule has 0 amide bonds. The molecule has 3 nitrogen and oxygen atoms in total. The average Bonchev–Trinajstić information content (AvgIpc) is 2.41. The number of anilines is 1. The second-order valence-corrected chi connectivity index (χ2v) is 5.53. The summed E-state index contributed by atoms with van der Waals surface area (Å²) >= 11 is 8.15. The SMILES string of the molecule is COc1cc(CNc2ccccc2Cl)cc(I)c1O. The summed E-state index contributed by atoms with van der Waals surface area (Å²) in [5.41, 5.74) is 1.89. The van der Waals surface area contributed by atoms with Crippen LogP contribution in [0.5, 0.6) is 11.5 Å². The lowest BCUT2D eigenvalue weighted by atomic mass is 10.2. The molecule has 2 rings (SSSR count). The summed E-state index contributed by atoms with van der Waals surface area (Å²) in [6, 6.07) is 11.3. The van der Waals surface area contributed by atoms with Gasteiger partial charge in [-0.25, -0.2) is 0 Å². The average molecular weight is 390 g/mol. The Morgan fingerprint density at radius 2 is 2.05 bits per heavy atom. The molecule has 2 aromatic carbocycles. The number of rotatable bonds is 4. The molecule has 2 N–H and O–H groups in total. The molecule has 2 aromatic rings. The lowest BCUT2D eigenvalue weighted by Crippen LogP contribution is -2.01. The van der Waals surface area contributed by atoms with E-state index in [1.165, 1.54) is 7.11 Å². The first kappa shape index (κ1) is 14.3. The van der Waals surface area contributed by atoms with Gasteiger partial charge in [-0.15, -0.1) is 0 Å². The Balaban J connectivity index is 2.16. The zero-order chi connectivity index (χ0) is 13.8. The third-order valence-electron chi connectivity index (χ3n) is 2.66. The summed E-state index contributed by atoms with van der Waals surface area (Å²) in [6.07, 6.45) is 0. The van der Waals surface area contributed by atoms with Gasteiger partial charge in [-0.05, 0) is 52.4 Å².